The number of imide groups is 1. The van der Waals surface area contributed by atoms with Crippen molar-refractivity contribution in [2.75, 3.05) is 6.54 Å². The third-order valence-corrected chi connectivity index (χ3v) is 3.68. The average molecular weight is 251 g/mol. The largest absolute Gasteiger partial charge is 0.275 e. The Bertz CT molecular complexity index is 320. The summed E-state index contributed by atoms with van der Waals surface area (Å²) in [4.78, 5) is 25.0. The first-order valence-electron chi connectivity index (χ1n) is 7.13. The maximum absolute atomic E-state index is 11.8. The number of nitrogens with zero attached hydrogens (tertiary/aromatic N) is 1. The molecule has 1 aliphatic heterocycles. The number of carbonyl (C=O) groups excluding carboxylic acids is 2. The molecule has 0 unspecified atom stereocenters. The van der Waals surface area contributed by atoms with Crippen molar-refractivity contribution in [3.05, 3.63) is 11.1 Å². The van der Waals surface area contributed by atoms with Crippen molar-refractivity contribution < 1.29 is 9.59 Å². The Labute approximate surface area is 110 Å². The number of rotatable bonds is 8. The van der Waals surface area contributed by atoms with E-state index in [2.05, 4.69) is 6.92 Å². The van der Waals surface area contributed by atoms with Crippen LogP contribution in [0.15, 0.2) is 11.1 Å². The maximum Gasteiger partial charge on any atom is 0.256 e. The Kier molecular flexibility index (Phi) is 6.10. The molecule has 0 aromatic rings. The van der Waals surface area contributed by atoms with Crippen molar-refractivity contribution in [2.24, 2.45) is 0 Å². The highest BCUT2D eigenvalue weighted by Gasteiger charge is 2.32. The zero-order valence-corrected chi connectivity index (χ0v) is 11.9. The third-order valence-electron chi connectivity index (χ3n) is 3.68. The number of hydrogen-bond acceptors (Lipinski definition) is 2. The Morgan fingerprint density at radius 3 is 1.72 bits per heavy atom. The molecule has 0 saturated carbocycles. The van der Waals surface area contributed by atoms with Gasteiger partial charge in [0.25, 0.3) is 11.8 Å². The monoisotopic (exact) mass is 251 g/mol. The summed E-state index contributed by atoms with van der Waals surface area (Å²) >= 11 is 0. The summed E-state index contributed by atoms with van der Waals surface area (Å²) in [5.74, 6) is -0.188. The molecule has 1 heterocycles. The van der Waals surface area contributed by atoms with Gasteiger partial charge in [0.05, 0.1) is 0 Å². The Morgan fingerprint density at radius 2 is 1.22 bits per heavy atom. The van der Waals surface area contributed by atoms with E-state index >= 15 is 0 Å². The molecule has 0 radical (unpaired) electrons. The highest BCUT2D eigenvalue weighted by atomic mass is 16.2. The molecule has 2 amide bonds. The average Bonchev–Trinajstić information content (AvgIpc) is 2.55. The first kappa shape index (κ1) is 14.9. The quantitative estimate of drug-likeness (QED) is 0.489. The van der Waals surface area contributed by atoms with E-state index in [1.165, 1.54) is 37.0 Å². The lowest BCUT2D eigenvalue weighted by atomic mass is 10.1. The standard InChI is InChI=1S/C15H25NO2/c1-4-5-6-7-8-9-10-11-16-14(17)12(2)13(3)15(16)18/h4-11H2,1-3H3. The van der Waals surface area contributed by atoms with Crippen LogP contribution in [-0.2, 0) is 9.59 Å². The zero-order valence-electron chi connectivity index (χ0n) is 11.9. The molecule has 0 N–H and O–H groups in total. The molecule has 0 atom stereocenters. The summed E-state index contributed by atoms with van der Waals surface area (Å²) in [6, 6.07) is 0. The fourth-order valence-electron chi connectivity index (χ4n) is 2.25. The van der Waals surface area contributed by atoms with E-state index in [-0.39, 0.29) is 11.8 Å². The molecule has 3 nitrogen and oxygen atoms in total. The molecule has 1 rings (SSSR count). The minimum Gasteiger partial charge on any atom is -0.275 e. The predicted molar refractivity (Wildman–Crippen MR) is 73.1 cm³/mol. The van der Waals surface area contributed by atoms with Gasteiger partial charge in [0, 0.05) is 17.7 Å². The van der Waals surface area contributed by atoms with Gasteiger partial charge in [0.15, 0.2) is 0 Å². The smallest absolute Gasteiger partial charge is 0.256 e. The Hall–Kier alpha value is -1.12. The highest BCUT2D eigenvalue weighted by Crippen LogP contribution is 2.20. The SMILES string of the molecule is CCCCCCCCCN1C(=O)C(C)=C(C)C1=O. The van der Waals surface area contributed by atoms with Gasteiger partial charge in [-0.25, -0.2) is 0 Å². The summed E-state index contributed by atoms with van der Waals surface area (Å²) in [6.45, 7) is 6.27. The molecule has 0 bridgehead atoms. The summed E-state index contributed by atoms with van der Waals surface area (Å²) in [7, 11) is 0. The van der Waals surface area contributed by atoms with E-state index in [1.54, 1.807) is 13.8 Å². The molecule has 0 spiro atoms. The van der Waals surface area contributed by atoms with Gasteiger partial charge in [-0.3, -0.25) is 14.5 Å². The topological polar surface area (TPSA) is 37.4 Å². The molecule has 0 saturated heterocycles. The van der Waals surface area contributed by atoms with Crippen LogP contribution in [0.25, 0.3) is 0 Å². The molecule has 3 heteroatoms. The first-order valence-corrected chi connectivity index (χ1v) is 7.13. The van der Waals surface area contributed by atoms with Crippen molar-refractivity contribution in [3.8, 4) is 0 Å². The van der Waals surface area contributed by atoms with E-state index in [4.69, 9.17) is 0 Å². The lowest BCUT2D eigenvalue weighted by Gasteiger charge is -2.14. The van der Waals surface area contributed by atoms with Gasteiger partial charge in [-0.1, -0.05) is 45.4 Å². The van der Waals surface area contributed by atoms with Gasteiger partial charge in [0.2, 0.25) is 0 Å². The second-order valence-electron chi connectivity index (χ2n) is 5.13. The van der Waals surface area contributed by atoms with Crippen LogP contribution in [0.3, 0.4) is 0 Å². The summed E-state index contributed by atoms with van der Waals surface area (Å²) in [5.41, 5.74) is 1.23. The van der Waals surface area contributed by atoms with Crippen LogP contribution in [0.5, 0.6) is 0 Å². The number of hydrogen-bond donors (Lipinski definition) is 0. The fraction of sp³-hybridized carbons (Fsp3) is 0.733. The van der Waals surface area contributed by atoms with Crippen molar-refractivity contribution in [1.82, 2.24) is 4.90 Å². The Morgan fingerprint density at radius 1 is 0.778 bits per heavy atom. The van der Waals surface area contributed by atoms with Gasteiger partial charge in [0.1, 0.15) is 0 Å². The van der Waals surface area contributed by atoms with Crippen molar-refractivity contribution >= 4 is 11.8 Å². The van der Waals surface area contributed by atoms with E-state index < -0.39 is 0 Å². The fourth-order valence-corrected chi connectivity index (χ4v) is 2.25. The third kappa shape index (κ3) is 3.69. The van der Waals surface area contributed by atoms with Gasteiger partial charge in [-0.15, -0.1) is 0 Å². The van der Waals surface area contributed by atoms with Crippen molar-refractivity contribution in [1.29, 1.82) is 0 Å². The molecule has 18 heavy (non-hydrogen) atoms. The molecule has 0 fully saturated rings. The van der Waals surface area contributed by atoms with E-state index in [0.29, 0.717) is 17.7 Å². The normalized spacial score (nSPS) is 16.1. The number of amides is 2. The molecule has 102 valence electrons. The van der Waals surface area contributed by atoms with E-state index in [1.807, 2.05) is 0 Å². The molecule has 0 aromatic carbocycles. The molecular formula is C15H25NO2. The molecule has 0 aliphatic carbocycles. The van der Waals surface area contributed by atoms with Gasteiger partial charge >= 0.3 is 0 Å². The number of carbonyl (C=O) groups is 2. The minimum absolute atomic E-state index is 0.0940. The van der Waals surface area contributed by atoms with Crippen LogP contribution in [0.2, 0.25) is 0 Å². The van der Waals surface area contributed by atoms with Gasteiger partial charge in [-0.2, -0.15) is 0 Å². The van der Waals surface area contributed by atoms with E-state index in [0.717, 1.165) is 12.8 Å². The van der Waals surface area contributed by atoms with Crippen LogP contribution in [0, 0.1) is 0 Å². The second kappa shape index (κ2) is 7.34. The minimum atomic E-state index is -0.0940. The maximum atomic E-state index is 11.8. The molecule has 0 aromatic heterocycles. The molecule has 1 aliphatic rings. The van der Waals surface area contributed by atoms with Crippen LogP contribution in [0.4, 0.5) is 0 Å². The van der Waals surface area contributed by atoms with Gasteiger partial charge in [-0.05, 0) is 20.3 Å². The second-order valence-corrected chi connectivity index (χ2v) is 5.13. The zero-order chi connectivity index (χ0) is 13.5. The van der Waals surface area contributed by atoms with Crippen LogP contribution in [-0.4, -0.2) is 23.3 Å². The number of unbranched alkanes of at least 4 members (excludes halogenated alkanes) is 6. The Balaban J connectivity index is 2.18. The predicted octanol–water partition coefficient (Wildman–Crippen LogP) is 3.44. The summed E-state index contributed by atoms with van der Waals surface area (Å²) in [5, 5.41) is 0. The van der Waals surface area contributed by atoms with Gasteiger partial charge < -0.3 is 0 Å². The lowest BCUT2D eigenvalue weighted by molar-refractivity contribution is -0.137. The first-order chi connectivity index (χ1) is 8.59. The van der Waals surface area contributed by atoms with E-state index in [9.17, 15) is 9.59 Å². The van der Waals surface area contributed by atoms with Crippen LogP contribution >= 0.6 is 0 Å². The summed E-state index contributed by atoms with van der Waals surface area (Å²) < 4.78 is 0. The van der Waals surface area contributed by atoms with Crippen LogP contribution in [0.1, 0.15) is 65.7 Å². The van der Waals surface area contributed by atoms with Crippen LogP contribution < -0.4 is 0 Å². The van der Waals surface area contributed by atoms with Crippen molar-refractivity contribution in [2.45, 2.75) is 65.7 Å². The molecular weight excluding hydrogens is 226 g/mol. The summed E-state index contributed by atoms with van der Waals surface area (Å²) in [6.07, 6.45) is 8.40. The highest BCUT2D eigenvalue weighted by molar-refractivity contribution is 6.18. The van der Waals surface area contributed by atoms with Crippen molar-refractivity contribution in [3.63, 3.8) is 0 Å². The lowest BCUT2D eigenvalue weighted by Crippen LogP contribution is -2.32.